The summed E-state index contributed by atoms with van der Waals surface area (Å²) >= 11 is 0. The lowest BCUT2D eigenvalue weighted by atomic mass is 10.1. The van der Waals surface area contributed by atoms with Crippen LogP contribution < -0.4 is 0 Å². The lowest BCUT2D eigenvalue weighted by molar-refractivity contribution is -0.133. The van der Waals surface area contributed by atoms with Gasteiger partial charge < -0.3 is 4.90 Å². The Labute approximate surface area is 113 Å². The van der Waals surface area contributed by atoms with Crippen molar-refractivity contribution in [3.05, 3.63) is 23.3 Å². The van der Waals surface area contributed by atoms with Crippen molar-refractivity contribution in [3.8, 4) is 0 Å². The number of amides is 1. The van der Waals surface area contributed by atoms with Gasteiger partial charge in [-0.25, -0.2) is 0 Å². The number of rotatable bonds is 7. The molecule has 0 bridgehead atoms. The molecule has 0 aliphatic heterocycles. The van der Waals surface area contributed by atoms with Gasteiger partial charge in [0.2, 0.25) is 5.91 Å². The summed E-state index contributed by atoms with van der Waals surface area (Å²) in [6, 6.07) is 0. The zero-order chi connectivity index (χ0) is 14.1. The smallest absolute Gasteiger partial charge is 0.225 e. The monoisotopic (exact) mass is 251 g/mol. The van der Waals surface area contributed by atoms with Gasteiger partial charge in [-0.2, -0.15) is 0 Å². The quantitative estimate of drug-likeness (QED) is 0.621. The van der Waals surface area contributed by atoms with Gasteiger partial charge in [-0.3, -0.25) is 4.79 Å². The van der Waals surface area contributed by atoms with Crippen molar-refractivity contribution >= 4 is 5.91 Å². The van der Waals surface area contributed by atoms with Crippen LogP contribution in [0.15, 0.2) is 23.3 Å². The Balaban J connectivity index is 4.24. The molecular formula is C16H29NO. The van der Waals surface area contributed by atoms with Crippen molar-refractivity contribution < 1.29 is 4.79 Å². The molecule has 0 radical (unpaired) electrons. The second-order valence-corrected chi connectivity index (χ2v) is 5.40. The van der Waals surface area contributed by atoms with Crippen LogP contribution in [0.1, 0.15) is 54.4 Å². The van der Waals surface area contributed by atoms with Gasteiger partial charge in [0.25, 0.3) is 0 Å². The van der Waals surface area contributed by atoms with Gasteiger partial charge in [0.1, 0.15) is 0 Å². The van der Waals surface area contributed by atoms with Gasteiger partial charge in [-0.15, -0.1) is 0 Å². The molecule has 18 heavy (non-hydrogen) atoms. The highest BCUT2D eigenvalue weighted by atomic mass is 16.2. The third-order valence-electron chi connectivity index (χ3n) is 2.94. The summed E-state index contributed by atoms with van der Waals surface area (Å²) in [4.78, 5) is 13.8. The molecule has 0 fully saturated rings. The first-order valence-electron chi connectivity index (χ1n) is 6.96. The summed E-state index contributed by atoms with van der Waals surface area (Å²) in [7, 11) is 0. The Bertz CT molecular complexity index is 309. The lowest BCUT2D eigenvalue weighted by Gasteiger charge is -2.21. The van der Waals surface area contributed by atoms with E-state index in [2.05, 4.69) is 32.9 Å². The largest absolute Gasteiger partial charge is 0.339 e. The van der Waals surface area contributed by atoms with Gasteiger partial charge in [-0.1, -0.05) is 37.1 Å². The number of carbonyl (C=O) groups is 1. The van der Waals surface area contributed by atoms with E-state index in [1.165, 1.54) is 11.1 Å². The van der Waals surface area contributed by atoms with Gasteiger partial charge in [0, 0.05) is 19.0 Å². The van der Waals surface area contributed by atoms with Crippen LogP contribution in [-0.4, -0.2) is 23.9 Å². The van der Waals surface area contributed by atoms with Crippen molar-refractivity contribution in [2.45, 2.75) is 54.4 Å². The molecule has 0 N–H and O–H groups in total. The fraction of sp³-hybridized carbons (Fsp3) is 0.688. The normalized spacial score (nSPS) is 11.6. The zero-order valence-corrected chi connectivity index (χ0v) is 12.9. The Morgan fingerprint density at radius 1 is 1.17 bits per heavy atom. The van der Waals surface area contributed by atoms with E-state index in [9.17, 15) is 4.79 Å². The van der Waals surface area contributed by atoms with E-state index < -0.39 is 0 Å². The third kappa shape index (κ3) is 7.31. The maximum Gasteiger partial charge on any atom is 0.225 e. The van der Waals surface area contributed by atoms with Gasteiger partial charge in [0.15, 0.2) is 0 Å². The van der Waals surface area contributed by atoms with Crippen LogP contribution in [0.2, 0.25) is 0 Å². The van der Waals surface area contributed by atoms with E-state index in [1.807, 2.05) is 25.7 Å². The van der Waals surface area contributed by atoms with E-state index in [0.717, 1.165) is 25.9 Å². The van der Waals surface area contributed by atoms with Crippen molar-refractivity contribution in [2.24, 2.45) is 5.92 Å². The third-order valence-corrected chi connectivity index (χ3v) is 2.94. The summed E-state index contributed by atoms with van der Waals surface area (Å²) in [5.74, 6) is 0.329. The molecule has 0 unspecified atom stereocenters. The van der Waals surface area contributed by atoms with Crippen molar-refractivity contribution in [1.29, 1.82) is 0 Å². The zero-order valence-electron chi connectivity index (χ0n) is 12.9. The summed E-state index contributed by atoms with van der Waals surface area (Å²) in [6.45, 7) is 13.9. The predicted molar refractivity (Wildman–Crippen MR) is 79.5 cm³/mol. The highest BCUT2D eigenvalue weighted by molar-refractivity contribution is 5.78. The summed E-state index contributed by atoms with van der Waals surface area (Å²) in [6.07, 6.45) is 6.62. The maximum absolute atomic E-state index is 11.9. The molecule has 0 spiro atoms. The topological polar surface area (TPSA) is 20.3 Å². The summed E-state index contributed by atoms with van der Waals surface area (Å²) < 4.78 is 0. The molecule has 0 saturated heterocycles. The first kappa shape index (κ1) is 16.9. The van der Waals surface area contributed by atoms with E-state index in [0.29, 0.717) is 0 Å². The Kier molecular flexibility index (Phi) is 8.43. The second kappa shape index (κ2) is 8.96. The number of likely N-dealkylation sites (N-methyl/N-ethyl adjacent to an activating group) is 1. The number of carbonyl (C=O) groups excluding carboxylic acids is 1. The van der Waals surface area contributed by atoms with Crippen LogP contribution in [0.5, 0.6) is 0 Å². The minimum Gasteiger partial charge on any atom is -0.339 e. The Hall–Kier alpha value is -1.05. The predicted octanol–water partition coefficient (Wildman–Crippen LogP) is 4.18. The number of nitrogens with zero attached hydrogens (tertiary/aromatic N) is 1. The fourth-order valence-corrected chi connectivity index (χ4v) is 1.70. The Morgan fingerprint density at radius 2 is 1.78 bits per heavy atom. The average Bonchev–Trinajstić information content (AvgIpc) is 2.28. The number of hydrogen-bond donors (Lipinski definition) is 0. The van der Waals surface area contributed by atoms with Crippen molar-refractivity contribution in [1.82, 2.24) is 4.90 Å². The lowest BCUT2D eigenvalue weighted by Crippen LogP contribution is -2.34. The summed E-state index contributed by atoms with van der Waals surface area (Å²) in [5.41, 5.74) is 2.73. The van der Waals surface area contributed by atoms with Crippen molar-refractivity contribution in [2.75, 3.05) is 13.1 Å². The first-order chi connectivity index (χ1) is 8.38. The van der Waals surface area contributed by atoms with E-state index in [1.54, 1.807) is 0 Å². The minimum atomic E-state index is 0.0873. The van der Waals surface area contributed by atoms with Crippen LogP contribution in [-0.2, 0) is 4.79 Å². The highest BCUT2D eigenvalue weighted by Gasteiger charge is 2.13. The van der Waals surface area contributed by atoms with Crippen molar-refractivity contribution in [3.63, 3.8) is 0 Å². The molecule has 1 amide bonds. The molecule has 2 nitrogen and oxygen atoms in total. The van der Waals surface area contributed by atoms with Gasteiger partial charge in [-0.05, 0) is 40.5 Å². The average molecular weight is 251 g/mol. The first-order valence-corrected chi connectivity index (χ1v) is 6.96. The highest BCUT2D eigenvalue weighted by Crippen LogP contribution is 2.08. The van der Waals surface area contributed by atoms with Crippen LogP contribution in [0.4, 0.5) is 0 Å². The molecule has 0 saturated carbocycles. The molecule has 0 rings (SSSR count). The van der Waals surface area contributed by atoms with E-state index >= 15 is 0 Å². The van der Waals surface area contributed by atoms with Gasteiger partial charge in [0.05, 0.1) is 0 Å². The van der Waals surface area contributed by atoms with Crippen LogP contribution in [0.25, 0.3) is 0 Å². The standard InChI is InChI=1S/C16H29NO/c1-7-17(16(18)14(4)5)12-11-15(6)10-8-9-13(2)3/h9,11,14H,7-8,10,12H2,1-6H3/b15-11+. The van der Waals surface area contributed by atoms with Gasteiger partial charge >= 0.3 is 0 Å². The van der Waals surface area contributed by atoms with E-state index in [-0.39, 0.29) is 11.8 Å². The molecule has 0 aromatic rings. The van der Waals surface area contributed by atoms with E-state index in [4.69, 9.17) is 0 Å². The SMILES string of the molecule is CCN(C/C=C(\C)CCC=C(C)C)C(=O)C(C)C. The molecule has 2 heteroatoms. The molecule has 0 aliphatic rings. The van der Waals surface area contributed by atoms with Crippen LogP contribution in [0.3, 0.4) is 0 Å². The fourth-order valence-electron chi connectivity index (χ4n) is 1.70. The summed E-state index contributed by atoms with van der Waals surface area (Å²) in [5, 5.41) is 0. The molecule has 0 aromatic heterocycles. The second-order valence-electron chi connectivity index (χ2n) is 5.40. The molecule has 0 heterocycles. The molecule has 0 atom stereocenters. The molecule has 0 aromatic carbocycles. The number of hydrogen-bond acceptors (Lipinski definition) is 1. The Morgan fingerprint density at radius 3 is 2.22 bits per heavy atom. The number of allylic oxidation sites excluding steroid dienone is 3. The molecular weight excluding hydrogens is 222 g/mol. The molecule has 104 valence electrons. The minimum absolute atomic E-state index is 0.0873. The van der Waals surface area contributed by atoms with Crippen LogP contribution in [0, 0.1) is 5.92 Å². The molecule has 0 aliphatic carbocycles. The maximum atomic E-state index is 11.9. The van der Waals surface area contributed by atoms with Crippen LogP contribution >= 0.6 is 0 Å².